The van der Waals surface area contributed by atoms with Crippen molar-refractivity contribution in [3.05, 3.63) is 0 Å². The van der Waals surface area contributed by atoms with Crippen LogP contribution in [0.2, 0.25) is 0 Å². The van der Waals surface area contributed by atoms with E-state index in [1.54, 1.807) is 0 Å². The molecule has 0 saturated carbocycles. The summed E-state index contributed by atoms with van der Waals surface area (Å²) in [6, 6.07) is -1.02. The highest BCUT2D eigenvalue weighted by Gasteiger charge is 2.33. The zero-order chi connectivity index (χ0) is 53.3. The predicted molar refractivity (Wildman–Crippen MR) is 311 cm³/mol. The normalized spacial score (nSPS) is 16.8. The lowest BCUT2D eigenvalue weighted by molar-refractivity contribution is -0.137. The van der Waals surface area contributed by atoms with Crippen molar-refractivity contribution < 1.29 is 30.0 Å². The number of aliphatic hydroxyl groups is 4. The second-order valence-corrected chi connectivity index (χ2v) is 23.4. The van der Waals surface area contributed by atoms with E-state index in [1.165, 1.54) is 180 Å². The van der Waals surface area contributed by atoms with Gasteiger partial charge in [-0.25, -0.2) is 0 Å². The van der Waals surface area contributed by atoms with E-state index in [0.29, 0.717) is 39.0 Å². The topological polar surface area (TPSA) is 146 Å². The molecule has 2 amide bonds. The van der Waals surface area contributed by atoms with Crippen molar-refractivity contribution in [1.29, 1.82) is 0 Å². The fraction of sp³-hybridized carbons (Fsp3) is 0.968. The molecule has 6 N–H and O–H groups in total. The van der Waals surface area contributed by atoms with Crippen molar-refractivity contribution in [3.63, 3.8) is 0 Å². The smallest absolute Gasteiger partial charge is 0.243 e. The van der Waals surface area contributed by atoms with Gasteiger partial charge in [-0.1, -0.05) is 259 Å². The van der Waals surface area contributed by atoms with E-state index in [2.05, 4.69) is 48.1 Å². The highest BCUT2D eigenvalue weighted by Crippen LogP contribution is 2.19. The second kappa shape index (κ2) is 51.5. The summed E-state index contributed by atoms with van der Waals surface area (Å²) in [7, 11) is 0. The number of carbonyl (C=O) groups excluding carboxylic acids is 2. The molecule has 0 aliphatic carbocycles. The first-order valence-electron chi connectivity index (χ1n) is 32.4. The third-order valence-electron chi connectivity index (χ3n) is 15.9. The Kier molecular flexibility index (Phi) is 49.1. The monoisotopic (exact) mass is 1030 g/mol. The number of nitrogens with one attached hydrogen (secondary N) is 2. The third kappa shape index (κ3) is 43.4. The minimum atomic E-state index is -0.523. The Morgan fingerprint density at radius 1 is 0.315 bits per heavy atom. The van der Waals surface area contributed by atoms with Crippen molar-refractivity contribution in [2.75, 3.05) is 39.3 Å². The maximum absolute atomic E-state index is 13.2. The van der Waals surface area contributed by atoms with Gasteiger partial charge in [0.1, 0.15) is 12.1 Å². The van der Waals surface area contributed by atoms with Gasteiger partial charge < -0.3 is 31.1 Å². The predicted octanol–water partition coefficient (Wildman–Crippen LogP) is 14.7. The number of piperazine rings is 1. The van der Waals surface area contributed by atoms with Gasteiger partial charge in [-0.2, -0.15) is 0 Å². The summed E-state index contributed by atoms with van der Waals surface area (Å²) in [4.78, 5) is 31.0. The summed E-state index contributed by atoms with van der Waals surface area (Å²) < 4.78 is 0. The van der Waals surface area contributed by atoms with Crippen LogP contribution in [0.15, 0.2) is 0 Å². The number of amides is 2. The Balaban J connectivity index is 2.53. The van der Waals surface area contributed by atoms with E-state index in [9.17, 15) is 30.0 Å². The number of aliphatic hydroxyl groups excluding tert-OH is 4. The van der Waals surface area contributed by atoms with Gasteiger partial charge in [-0.15, -0.1) is 0 Å². The summed E-state index contributed by atoms with van der Waals surface area (Å²) in [5.41, 5.74) is 0. The molecule has 10 heteroatoms. The molecule has 1 heterocycles. The number of rotatable bonds is 57. The minimum absolute atomic E-state index is 0.0861. The van der Waals surface area contributed by atoms with Crippen LogP contribution >= 0.6 is 0 Å². The standard InChI is InChI=1S/C63H126N4O6/c1-5-9-13-17-21-25-29-33-39-47-59(71)55-67(54-58(70)46-38-32-28-24-20-16-12-8-4)51-43-41-49-61-63(73)64-60(62(72)65-61)48-40-34-35-42-50-66(52-56(68)44-36-30-26-22-18-14-10-6-2)53-57(69)45-37-31-27-23-19-15-11-7-3/h56-61,68-71H,5-55H2,1-4H3,(H,64,73)(H,65,72)/t56-,57-,58-,59-,60+,61+/m0/s1. The summed E-state index contributed by atoms with van der Waals surface area (Å²) >= 11 is 0. The van der Waals surface area contributed by atoms with Crippen LogP contribution < -0.4 is 10.6 Å². The minimum Gasteiger partial charge on any atom is -0.392 e. The van der Waals surface area contributed by atoms with Gasteiger partial charge in [0.05, 0.1) is 24.4 Å². The summed E-state index contributed by atoms with van der Waals surface area (Å²) in [6.07, 6.45) is 49.8. The van der Waals surface area contributed by atoms with Crippen LogP contribution in [0.25, 0.3) is 0 Å². The maximum Gasteiger partial charge on any atom is 0.243 e. The van der Waals surface area contributed by atoms with Crippen LogP contribution in [0, 0.1) is 0 Å². The molecule has 0 radical (unpaired) electrons. The molecule has 1 rings (SSSR count). The largest absolute Gasteiger partial charge is 0.392 e. The Labute approximate surface area is 452 Å². The van der Waals surface area contributed by atoms with Crippen molar-refractivity contribution in [2.24, 2.45) is 0 Å². The van der Waals surface area contributed by atoms with E-state index in [0.717, 1.165) is 109 Å². The van der Waals surface area contributed by atoms with Gasteiger partial charge >= 0.3 is 0 Å². The first kappa shape index (κ1) is 69.7. The number of hydrogen-bond acceptors (Lipinski definition) is 8. The zero-order valence-electron chi connectivity index (χ0n) is 49.0. The van der Waals surface area contributed by atoms with E-state index in [4.69, 9.17) is 0 Å². The van der Waals surface area contributed by atoms with Crippen LogP contribution in [-0.4, -0.2) is 118 Å². The quantitative estimate of drug-likeness (QED) is 0.0330. The molecule has 1 aliphatic heterocycles. The van der Waals surface area contributed by atoms with Crippen LogP contribution in [0.3, 0.4) is 0 Å². The fourth-order valence-corrected chi connectivity index (χ4v) is 11.1. The molecular formula is C63H126N4O6. The van der Waals surface area contributed by atoms with E-state index in [1.807, 2.05) is 0 Å². The van der Waals surface area contributed by atoms with Crippen LogP contribution in [0.4, 0.5) is 0 Å². The average molecular weight is 1040 g/mol. The Bertz CT molecular complexity index is 1170. The Morgan fingerprint density at radius 2 is 0.521 bits per heavy atom. The lowest BCUT2D eigenvalue weighted by Gasteiger charge is -2.30. The van der Waals surface area contributed by atoms with Crippen molar-refractivity contribution in [1.82, 2.24) is 20.4 Å². The average Bonchev–Trinajstić information content (AvgIpc) is 3.36. The van der Waals surface area contributed by atoms with Gasteiger partial charge in [0.25, 0.3) is 0 Å². The first-order valence-corrected chi connectivity index (χ1v) is 32.4. The lowest BCUT2D eigenvalue weighted by atomic mass is 10.00. The Morgan fingerprint density at radius 3 is 0.795 bits per heavy atom. The molecule has 1 aliphatic rings. The fourth-order valence-electron chi connectivity index (χ4n) is 11.1. The van der Waals surface area contributed by atoms with Gasteiger partial charge in [0.15, 0.2) is 0 Å². The highest BCUT2D eigenvalue weighted by atomic mass is 16.3. The molecule has 10 nitrogen and oxygen atoms in total. The summed E-state index contributed by atoms with van der Waals surface area (Å²) in [6.45, 7) is 13.0. The molecule has 0 unspecified atom stereocenters. The van der Waals surface area contributed by atoms with Gasteiger partial charge in [0, 0.05) is 26.2 Å². The van der Waals surface area contributed by atoms with Crippen molar-refractivity contribution in [3.8, 4) is 0 Å². The van der Waals surface area contributed by atoms with Gasteiger partial charge in [-0.05, 0) is 70.9 Å². The SMILES string of the molecule is CCCCCCCCCCC[C@H](O)CN(CCCC[C@H]1NC(=O)[C@@H](CCCCCCN(C[C@@H](O)CCCCCCCCCC)C[C@@H](O)CCCCCCCCCC)NC1=O)C[C@@H](O)CCCCCCCCCC. The third-order valence-corrected chi connectivity index (χ3v) is 15.9. The summed E-state index contributed by atoms with van der Waals surface area (Å²) in [5, 5.41) is 50.3. The lowest BCUT2D eigenvalue weighted by Crippen LogP contribution is -2.61. The molecule has 0 bridgehead atoms. The maximum atomic E-state index is 13.2. The summed E-state index contributed by atoms with van der Waals surface area (Å²) in [5.74, 6) is -0.178. The highest BCUT2D eigenvalue weighted by molar-refractivity contribution is 5.96. The molecule has 73 heavy (non-hydrogen) atoms. The van der Waals surface area contributed by atoms with Gasteiger partial charge in [0.2, 0.25) is 11.8 Å². The molecule has 0 aromatic rings. The van der Waals surface area contributed by atoms with Crippen LogP contribution in [0.5, 0.6) is 0 Å². The molecule has 0 aromatic carbocycles. The van der Waals surface area contributed by atoms with E-state index < -0.39 is 24.3 Å². The molecule has 0 spiro atoms. The van der Waals surface area contributed by atoms with Crippen molar-refractivity contribution in [2.45, 2.75) is 353 Å². The van der Waals surface area contributed by atoms with Crippen LogP contribution in [-0.2, 0) is 9.59 Å². The Hall–Kier alpha value is -1.30. The second-order valence-electron chi connectivity index (χ2n) is 23.4. The molecular weight excluding hydrogens is 909 g/mol. The van der Waals surface area contributed by atoms with E-state index in [-0.39, 0.29) is 24.0 Å². The first-order chi connectivity index (χ1) is 35.6. The molecule has 434 valence electrons. The number of nitrogens with zero attached hydrogens (tertiary/aromatic N) is 2. The van der Waals surface area contributed by atoms with Crippen molar-refractivity contribution >= 4 is 11.8 Å². The van der Waals surface area contributed by atoms with Gasteiger partial charge in [-0.3, -0.25) is 19.4 Å². The number of unbranched alkanes of at least 4 members (excludes halogenated alkanes) is 33. The number of hydrogen-bond donors (Lipinski definition) is 6. The molecule has 1 saturated heterocycles. The van der Waals surface area contributed by atoms with Crippen LogP contribution in [0.1, 0.15) is 317 Å². The molecule has 0 aromatic heterocycles. The molecule has 1 fully saturated rings. The molecule has 6 atom stereocenters. The zero-order valence-corrected chi connectivity index (χ0v) is 49.0. The van der Waals surface area contributed by atoms with E-state index >= 15 is 0 Å². The number of carbonyl (C=O) groups is 2.